The van der Waals surface area contributed by atoms with E-state index in [0.717, 1.165) is 6.61 Å². The van der Waals surface area contributed by atoms with Gasteiger partial charge in [0.2, 0.25) is 0 Å². The van der Waals surface area contributed by atoms with Crippen LogP contribution in [0.5, 0.6) is 0 Å². The van der Waals surface area contributed by atoms with Crippen molar-refractivity contribution in [2.24, 2.45) is 0 Å². The van der Waals surface area contributed by atoms with E-state index in [-0.39, 0.29) is 5.60 Å². The molecule has 0 aromatic heterocycles. The molecular formula is C18H34O. The van der Waals surface area contributed by atoms with E-state index >= 15 is 0 Å². The predicted molar refractivity (Wildman–Crippen MR) is 86.6 cm³/mol. The highest BCUT2D eigenvalue weighted by Crippen LogP contribution is 2.09. The summed E-state index contributed by atoms with van der Waals surface area (Å²) in [5, 5.41) is 0. The minimum absolute atomic E-state index is 0.0207. The monoisotopic (exact) mass is 266 g/mol. The van der Waals surface area contributed by atoms with Gasteiger partial charge in [-0.15, -0.1) is 0 Å². The SMILES string of the molecule is CCCC/C=C/C=C/CCCCCCOC(C)(C)C. The van der Waals surface area contributed by atoms with E-state index < -0.39 is 0 Å². The van der Waals surface area contributed by atoms with E-state index in [0.29, 0.717) is 0 Å². The van der Waals surface area contributed by atoms with Crippen LogP contribution >= 0.6 is 0 Å². The number of ether oxygens (including phenoxy) is 1. The molecule has 0 rings (SSSR count). The Morgan fingerprint density at radius 2 is 1.37 bits per heavy atom. The maximum atomic E-state index is 5.70. The molecule has 0 saturated carbocycles. The van der Waals surface area contributed by atoms with Gasteiger partial charge >= 0.3 is 0 Å². The average Bonchev–Trinajstić information content (AvgIpc) is 2.34. The highest BCUT2D eigenvalue weighted by molar-refractivity contribution is 5.02. The molecule has 0 spiro atoms. The van der Waals surface area contributed by atoms with Crippen LogP contribution in [-0.4, -0.2) is 12.2 Å². The van der Waals surface area contributed by atoms with Crippen LogP contribution in [0.3, 0.4) is 0 Å². The molecule has 0 N–H and O–H groups in total. The van der Waals surface area contributed by atoms with Gasteiger partial charge in [0, 0.05) is 6.61 Å². The van der Waals surface area contributed by atoms with Gasteiger partial charge in [-0.2, -0.15) is 0 Å². The second kappa shape index (κ2) is 12.5. The first-order valence-electron chi connectivity index (χ1n) is 8.02. The first-order chi connectivity index (χ1) is 9.06. The molecule has 19 heavy (non-hydrogen) atoms. The van der Waals surface area contributed by atoms with Crippen molar-refractivity contribution in [2.75, 3.05) is 6.61 Å². The Hall–Kier alpha value is -0.560. The standard InChI is InChI=1S/C18H34O/c1-5-6-7-8-9-10-11-12-13-14-15-16-17-19-18(2,3)4/h8-11H,5-7,12-17H2,1-4H3/b9-8+,11-10+. The van der Waals surface area contributed by atoms with Crippen molar-refractivity contribution in [1.29, 1.82) is 0 Å². The van der Waals surface area contributed by atoms with Gasteiger partial charge in [0.1, 0.15) is 0 Å². The van der Waals surface area contributed by atoms with Gasteiger partial charge in [0.25, 0.3) is 0 Å². The summed E-state index contributed by atoms with van der Waals surface area (Å²) in [5.41, 5.74) is 0.0207. The van der Waals surface area contributed by atoms with Crippen molar-refractivity contribution in [3.8, 4) is 0 Å². The summed E-state index contributed by atoms with van der Waals surface area (Å²) in [5.74, 6) is 0. The maximum Gasteiger partial charge on any atom is 0.0598 e. The lowest BCUT2D eigenvalue weighted by atomic mass is 10.1. The molecular weight excluding hydrogens is 232 g/mol. The lowest BCUT2D eigenvalue weighted by molar-refractivity contribution is -0.00473. The summed E-state index contributed by atoms with van der Waals surface area (Å²) in [7, 11) is 0. The quantitative estimate of drug-likeness (QED) is 0.326. The molecule has 0 unspecified atom stereocenters. The third kappa shape index (κ3) is 17.4. The lowest BCUT2D eigenvalue weighted by Crippen LogP contribution is -2.19. The molecule has 0 radical (unpaired) electrons. The maximum absolute atomic E-state index is 5.70. The van der Waals surface area contributed by atoms with E-state index in [1.165, 1.54) is 51.4 Å². The van der Waals surface area contributed by atoms with Crippen LogP contribution < -0.4 is 0 Å². The van der Waals surface area contributed by atoms with Gasteiger partial charge in [-0.3, -0.25) is 0 Å². The zero-order valence-corrected chi connectivity index (χ0v) is 13.6. The van der Waals surface area contributed by atoms with Crippen molar-refractivity contribution in [3.63, 3.8) is 0 Å². The first-order valence-corrected chi connectivity index (χ1v) is 8.02. The highest BCUT2D eigenvalue weighted by Gasteiger charge is 2.08. The normalized spacial score (nSPS) is 12.8. The van der Waals surface area contributed by atoms with Crippen LogP contribution in [0.2, 0.25) is 0 Å². The van der Waals surface area contributed by atoms with Gasteiger partial charge < -0.3 is 4.74 Å². The van der Waals surface area contributed by atoms with E-state index in [2.05, 4.69) is 52.0 Å². The minimum atomic E-state index is 0.0207. The molecule has 0 aliphatic rings. The smallest absolute Gasteiger partial charge is 0.0598 e. The Morgan fingerprint density at radius 3 is 1.95 bits per heavy atom. The van der Waals surface area contributed by atoms with Crippen molar-refractivity contribution in [1.82, 2.24) is 0 Å². The molecule has 0 bridgehead atoms. The van der Waals surface area contributed by atoms with Crippen LogP contribution in [0.25, 0.3) is 0 Å². The van der Waals surface area contributed by atoms with E-state index in [9.17, 15) is 0 Å². The van der Waals surface area contributed by atoms with Crippen LogP contribution in [0.4, 0.5) is 0 Å². The molecule has 1 heteroatoms. The van der Waals surface area contributed by atoms with E-state index in [1.54, 1.807) is 0 Å². The van der Waals surface area contributed by atoms with Gasteiger partial charge in [-0.05, 0) is 46.5 Å². The fourth-order valence-corrected chi connectivity index (χ4v) is 1.77. The Balaban J connectivity index is 3.22. The highest BCUT2D eigenvalue weighted by atomic mass is 16.5. The summed E-state index contributed by atoms with van der Waals surface area (Å²) < 4.78 is 5.70. The summed E-state index contributed by atoms with van der Waals surface area (Å²) >= 11 is 0. The molecule has 0 heterocycles. The van der Waals surface area contributed by atoms with Gasteiger partial charge in [0.05, 0.1) is 5.60 Å². The number of unbranched alkanes of at least 4 members (excludes halogenated alkanes) is 6. The van der Waals surface area contributed by atoms with Crippen molar-refractivity contribution in [3.05, 3.63) is 24.3 Å². The fourth-order valence-electron chi connectivity index (χ4n) is 1.77. The zero-order valence-electron chi connectivity index (χ0n) is 13.6. The Labute approximate surface area is 121 Å². The van der Waals surface area contributed by atoms with Crippen molar-refractivity contribution < 1.29 is 4.74 Å². The van der Waals surface area contributed by atoms with E-state index in [4.69, 9.17) is 4.74 Å². The number of allylic oxidation sites excluding steroid dienone is 4. The lowest BCUT2D eigenvalue weighted by Gasteiger charge is -2.19. The molecule has 0 aliphatic carbocycles. The minimum Gasteiger partial charge on any atom is -0.376 e. The third-order valence-corrected chi connectivity index (χ3v) is 2.91. The van der Waals surface area contributed by atoms with Crippen LogP contribution in [-0.2, 0) is 4.74 Å². The summed E-state index contributed by atoms with van der Waals surface area (Å²) in [6.07, 6.45) is 19.0. The van der Waals surface area contributed by atoms with Gasteiger partial charge in [-0.1, -0.05) is 56.9 Å². The largest absolute Gasteiger partial charge is 0.376 e. The van der Waals surface area contributed by atoms with Crippen molar-refractivity contribution >= 4 is 0 Å². The van der Waals surface area contributed by atoms with E-state index in [1.807, 2.05) is 0 Å². The molecule has 112 valence electrons. The number of hydrogen-bond donors (Lipinski definition) is 0. The predicted octanol–water partition coefficient (Wildman–Crippen LogP) is 6.05. The topological polar surface area (TPSA) is 9.23 Å². The first kappa shape index (κ1) is 18.4. The Morgan fingerprint density at radius 1 is 0.789 bits per heavy atom. The average molecular weight is 266 g/mol. The molecule has 0 atom stereocenters. The second-order valence-corrected chi connectivity index (χ2v) is 6.16. The van der Waals surface area contributed by atoms with Gasteiger partial charge in [0.15, 0.2) is 0 Å². The fraction of sp³-hybridized carbons (Fsp3) is 0.778. The summed E-state index contributed by atoms with van der Waals surface area (Å²) in [4.78, 5) is 0. The Kier molecular flexibility index (Phi) is 12.1. The number of hydrogen-bond acceptors (Lipinski definition) is 1. The molecule has 0 aromatic carbocycles. The molecule has 0 amide bonds. The molecule has 0 fully saturated rings. The van der Waals surface area contributed by atoms with Crippen LogP contribution in [0.15, 0.2) is 24.3 Å². The summed E-state index contributed by atoms with van der Waals surface area (Å²) in [6.45, 7) is 9.49. The number of rotatable bonds is 11. The zero-order chi connectivity index (χ0) is 14.4. The Bertz CT molecular complexity index is 233. The second-order valence-electron chi connectivity index (χ2n) is 6.16. The third-order valence-electron chi connectivity index (χ3n) is 2.91. The van der Waals surface area contributed by atoms with Crippen molar-refractivity contribution in [2.45, 2.75) is 84.7 Å². The van der Waals surface area contributed by atoms with Crippen LogP contribution in [0, 0.1) is 0 Å². The van der Waals surface area contributed by atoms with Gasteiger partial charge in [-0.25, -0.2) is 0 Å². The molecule has 0 aliphatic heterocycles. The molecule has 1 nitrogen and oxygen atoms in total. The van der Waals surface area contributed by atoms with Crippen LogP contribution in [0.1, 0.15) is 79.1 Å². The summed E-state index contributed by atoms with van der Waals surface area (Å²) in [6, 6.07) is 0. The molecule has 0 saturated heterocycles. The molecule has 0 aromatic rings.